The standard InChI is InChI=1S/C24H22ClN3O/c25-22-12-8-19(9-13-22)17-28-23-15-20(10-11-21(23)16-27-28)24(29)26-14-4-7-18-5-2-1-3-6-18/h1-3,5-6,8-13,15-16H,4,7,14,17H2,(H,26,29). The molecule has 0 fully saturated rings. The number of aryl methyl sites for hydroxylation is 1. The van der Waals surface area contributed by atoms with Gasteiger partial charge in [0.25, 0.3) is 5.91 Å². The third-order valence-corrected chi connectivity index (χ3v) is 5.18. The fourth-order valence-electron chi connectivity index (χ4n) is 3.34. The van der Waals surface area contributed by atoms with Gasteiger partial charge in [-0.3, -0.25) is 9.48 Å². The minimum Gasteiger partial charge on any atom is -0.352 e. The molecule has 146 valence electrons. The molecule has 0 atom stereocenters. The number of amides is 1. The van der Waals surface area contributed by atoms with E-state index in [2.05, 4.69) is 22.5 Å². The van der Waals surface area contributed by atoms with Crippen LogP contribution in [0.15, 0.2) is 79.0 Å². The maximum absolute atomic E-state index is 12.6. The van der Waals surface area contributed by atoms with E-state index in [1.807, 2.05) is 71.5 Å². The fraction of sp³-hybridized carbons (Fsp3) is 0.167. The van der Waals surface area contributed by atoms with Crippen LogP contribution in [0.2, 0.25) is 5.02 Å². The zero-order valence-corrected chi connectivity index (χ0v) is 16.8. The number of nitrogens with one attached hydrogen (secondary N) is 1. The van der Waals surface area contributed by atoms with Crippen molar-refractivity contribution in [2.45, 2.75) is 19.4 Å². The van der Waals surface area contributed by atoms with E-state index < -0.39 is 0 Å². The van der Waals surface area contributed by atoms with Crippen LogP contribution in [0.5, 0.6) is 0 Å². The third kappa shape index (κ3) is 4.84. The summed E-state index contributed by atoms with van der Waals surface area (Å²) < 4.78 is 1.91. The second kappa shape index (κ2) is 8.93. The molecule has 0 radical (unpaired) electrons. The van der Waals surface area contributed by atoms with Crippen LogP contribution >= 0.6 is 11.6 Å². The summed E-state index contributed by atoms with van der Waals surface area (Å²) in [5, 5.41) is 9.22. The zero-order chi connectivity index (χ0) is 20.1. The molecule has 0 bridgehead atoms. The highest BCUT2D eigenvalue weighted by Gasteiger charge is 2.10. The molecule has 3 aromatic carbocycles. The predicted molar refractivity (Wildman–Crippen MR) is 117 cm³/mol. The van der Waals surface area contributed by atoms with E-state index in [0.717, 1.165) is 29.3 Å². The number of aromatic nitrogens is 2. The Morgan fingerprint density at radius 1 is 0.966 bits per heavy atom. The monoisotopic (exact) mass is 403 g/mol. The van der Waals surface area contributed by atoms with Crippen molar-refractivity contribution in [1.29, 1.82) is 0 Å². The van der Waals surface area contributed by atoms with E-state index >= 15 is 0 Å². The minimum absolute atomic E-state index is 0.0563. The fourth-order valence-corrected chi connectivity index (χ4v) is 3.47. The highest BCUT2D eigenvalue weighted by molar-refractivity contribution is 6.30. The van der Waals surface area contributed by atoms with Crippen molar-refractivity contribution >= 4 is 28.4 Å². The van der Waals surface area contributed by atoms with E-state index in [0.29, 0.717) is 23.7 Å². The van der Waals surface area contributed by atoms with E-state index in [1.54, 1.807) is 0 Å². The number of carbonyl (C=O) groups is 1. The summed E-state index contributed by atoms with van der Waals surface area (Å²) in [7, 11) is 0. The Hall–Kier alpha value is -3.11. The van der Waals surface area contributed by atoms with Crippen LogP contribution in [-0.4, -0.2) is 22.2 Å². The van der Waals surface area contributed by atoms with Crippen LogP contribution in [0.3, 0.4) is 0 Å². The van der Waals surface area contributed by atoms with Crippen LogP contribution in [0.4, 0.5) is 0 Å². The smallest absolute Gasteiger partial charge is 0.251 e. The van der Waals surface area contributed by atoms with Gasteiger partial charge < -0.3 is 5.32 Å². The van der Waals surface area contributed by atoms with Crippen LogP contribution in [0.25, 0.3) is 10.9 Å². The van der Waals surface area contributed by atoms with Crippen molar-refractivity contribution in [1.82, 2.24) is 15.1 Å². The summed E-state index contributed by atoms with van der Waals surface area (Å²) in [5.41, 5.74) is 3.98. The normalized spacial score (nSPS) is 10.9. The van der Waals surface area contributed by atoms with Gasteiger partial charge in [-0.25, -0.2) is 0 Å². The molecule has 0 aliphatic carbocycles. The topological polar surface area (TPSA) is 46.9 Å². The number of fused-ring (bicyclic) bond motifs is 1. The molecule has 29 heavy (non-hydrogen) atoms. The van der Waals surface area contributed by atoms with E-state index in [1.165, 1.54) is 5.56 Å². The zero-order valence-electron chi connectivity index (χ0n) is 16.0. The van der Waals surface area contributed by atoms with Crippen molar-refractivity contribution in [2.75, 3.05) is 6.54 Å². The van der Waals surface area contributed by atoms with Gasteiger partial charge in [0.1, 0.15) is 0 Å². The molecule has 0 aliphatic heterocycles. The van der Waals surface area contributed by atoms with E-state index in [4.69, 9.17) is 11.6 Å². The first-order chi connectivity index (χ1) is 14.2. The maximum Gasteiger partial charge on any atom is 0.251 e. The van der Waals surface area contributed by atoms with Gasteiger partial charge in [0.15, 0.2) is 0 Å². The average Bonchev–Trinajstić information content (AvgIpc) is 3.15. The lowest BCUT2D eigenvalue weighted by atomic mass is 10.1. The molecule has 0 aliphatic rings. The first-order valence-electron chi connectivity index (χ1n) is 9.71. The summed E-state index contributed by atoms with van der Waals surface area (Å²) in [6.45, 7) is 1.28. The quantitative estimate of drug-likeness (QED) is 0.436. The predicted octanol–water partition coefficient (Wildman–Crippen LogP) is 5.10. The lowest BCUT2D eigenvalue weighted by molar-refractivity contribution is 0.0953. The molecule has 0 spiro atoms. The Labute approximate surface area is 175 Å². The average molecular weight is 404 g/mol. The molecule has 0 unspecified atom stereocenters. The Morgan fingerprint density at radius 3 is 2.55 bits per heavy atom. The molecular formula is C24H22ClN3O. The number of rotatable bonds is 7. The Bertz CT molecular complexity index is 1100. The number of hydrogen-bond acceptors (Lipinski definition) is 2. The largest absolute Gasteiger partial charge is 0.352 e. The van der Waals surface area contributed by atoms with Gasteiger partial charge in [0.2, 0.25) is 0 Å². The number of benzene rings is 3. The van der Waals surface area contributed by atoms with Gasteiger partial charge in [0, 0.05) is 22.5 Å². The van der Waals surface area contributed by atoms with Crippen molar-refractivity contribution in [3.05, 3.63) is 101 Å². The number of hydrogen-bond donors (Lipinski definition) is 1. The lowest BCUT2D eigenvalue weighted by Crippen LogP contribution is -2.24. The summed E-state index contributed by atoms with van der Waals surface area (Å²) in [6, 6.07) is 23.7. The molecule has 1 aromatic heterocycles. The van der Waals surface area contributed by atoms with Crippen molar-refractivity contribution in [3.8, 4) is 0 Å². The molecule has 4 aromatic rings. The van der Waals surface area contributed by atoms with Crippen LogP contribution in [0.1, 0.15) is 27.9 Å². The molecule has 0 saturated heterocycles. The van der Waals surface area contributed by atoms with E-state index in [-0.39, 0.29) is 5.91 Å². The van der Waals surface area contributed by atoms with Crippen LogP contribution in [-0.2, 0) is 13.0 Å². The molecule has 0 saturated carbocycles. The van der Waals surface area contributed by atoms with Crippen LogP contribution in [0, 0.1) is 0 Å². The van der Waals surface area contributed by atoms with Gasteiger partial charge >= 0.3 is 0 Å². The van der Waals surface area contributed by atoms with Crippen molar-refractivity contribution in [3.63, 3.8) is 0 Å². The molecule has 1 N–H and O–H groups in total. The Kier molecular flexibility index (Phi) is 5.92. The lowest BCUT2D eigenvalue weighted by Gasteiger charge is -2.08. The highest BCUT2D eigenvalue weighted by atomic mass is 35.5. The van der Waals surface area contributed by atoms with Gasteiger partial charge in [-0.1, -0.05) is 60.1 Å². The van der Waals surface area contributed by atoms with Crippen LogP contribution < -0.4 is 5.32 Å². The Morgan fingerprint density at radius 2 is 1.76 bits per heavy atom. The first-order valence-corrected chi connectivity index (χ1v) is 10.1. The van der Waals surface area contributed by atoms with Gasteiger partial charge in [0.05, 0.1) is 18.3 Å². The molecule has 4 nitrogen and oxygen atoms in total. The molecule has 5 heteroatoms. The molecular weight excluding hydrogens is 382 g/mol. The number of carbonyl (C=O) groups excluding carboxylic acids is 1. The molecule has 1 heterocycles. The molecule has 4 rings (SSSR count). The number of halogens is 1. The maximum atomic E-state index is 12.6. The van der Waals surface area contributed by atoms with Gasteiger partial charge in [-0.2, -0.15) is 5.10 Å². The van der Waals surface area contributed by atoms with Gasteiger partial charge in [-0.15, -0.1) is 0 Å². The SMILES string of the molecule is O=C(NCCCc1ccccc1)c1ccc2cnn(Cc3ccc(Cl)cc3)c2c1. The van der Waals surface area contributed by atoms with Crippen molar-refractivity contribution < 1.29 is 4.79 Å². The van der Waals surface area contributed by atoms with Gasteiger partial charge in [-0.05, 0) is 48.2 Å². The summed E-state index contributed by atoms with van der Waals surface area (Å²) >= 11 is 5.96. The summed E-state index contributed by atoms with van der Waals surface area (Å²) in [6.07, 6.45) is 3.69. The molecule has 1 amide bonds. The summed E-state index contributed by atoms with van der Waals surface area (Å²) in [4.78, 5) is 12.6. The third-order valence-electron chi connectivity index (χ3n) is 4.92. The first kappa shape index (κ1) is 19.2. The number of nitrogens with zero attached hydrogens (tertiary/aromatic N) is 2. The highest BCUT2D eigenvalue weighted by Crippen LogP contribution is 2.18. The van der Waals surface area contributed by atoms with E-state index in [9.17, 15) is 4.79 Å². The summed E-state index contributed by atoms with van der Waals surface area (Å²) in [5.74, 6) is -0.0563. The van der Waals surface area contributed by atoms with Crippen molar-refractivity contribution in [2.24, 2.45) is 0 Å². The minimum atomic E-state index is -0.0563. The second-order valence-electron chi connectivity index (χ2n) is 7.05. The second-order valence-corrected chi connectivity index (χ2v) is 7.48. The Balaban J connectivity index is 1.41.